The van der Waals surface area contributed by atoms with E-state index < -0.39 is 6.04 Å². The van der Waals surface area contributed by atoms with Gasteiger partial charge in [-0.2, -0.15) is 0 Å². The van der Waals surface area contributed by atoms with Crippen LogP contribution in [0.5, 0.6) is 5.75 Å². The van der Waals surface area contributed by atoms with Crippen molar-refractivity contribution in [1.29, 1.82) is 0 Å². The molecule has 0 bridgehead atoms. The maximum atomic E-state index is 14.2. The molecule has 1 atom stereocenters. The van der Waals surface area contributed by atoms with Gasteiger partial charge >= 0.3 is 0 Å². The highest BCUT2D eigenvalue weighted by molar-refractivity contribution is 6.03. The quantitative estimate of drug-likeness (QED) is 0.304. The zero-order valence-corrected chi connectivity index (χ0v) is 22.7. The SMILES string of the molecule is COc1cccc([C@@H](C(=O)NC2CCCCC2)N(C(=O)Cn2nnc3ccccc32)c2cccc(C(C)=O)c2)c1. The smallest absolute Gasteiger partial charge is 0.249 e. The Kier molecular flexibility index (Phi) is 8.19. The summed E-state index contributed by atoms with van der Waals surface area (Å²) in [4.78, 5) is 42.1. The van der Waals surface area contributed by atoms with E-state index in [0.717, 1.165) is 32.1 Å². The number of Topliss-reactive ketones (excluding diaryl/α,β-unsaturated/α-hetero) is 1. The summed E-state index contributed by atoms with van der Waals surface area (Å²) in [5, 5.41) is 11.6. The Labute approximate surface area is 233 Å². The van der Waals surface area contributed by atoms with Crippen LogP contribution in [0.25, 0.3) is 11.0 Å². The van der Waals surface area contributed by atoms with Gasteiger partial charge in [0.05, 0.1) is 12.6 Å². The van der Waals surface area contributed by atoms with Gasteiger partial charge < -0.3 is 10.1 Å². The van der Waals surface area contributed by atoms with E-state index in [9.17, 15) is 14.4 Å². The molecule has 1 aliphatic rings. The Balaban J connectivity index is 1.61. The van der Waals surface area contributed by atoms with Crippen LogP contribution in [0.2, 0.25) is 0 Å². The number of hydrogen-bond donors (Lipinski definition) is 1. The molecule has 0 aliphatic heterocycles. The van der Waals surface area contributed by atoms with Crippen molar-refractivity contribution < 1.29 is 19.1 Å². The molecule has 1 aromatic heterocycles. The second-order valence-electron chi connectivity index (χ2n) is 10.1. The van der Waals surface area contributed by atoms with E-state index in [1.54, 1.807) is 49.6 Å². The van der Waals surface area contributed by atoms with Crippen molar-refractivity contribution in [3.8, 4) is 5.75 Å². The highest BCUT2D eigenvalue weighted by atomic mass is 16.5. The van der Waals surface area contributed by atoms with Gasteiger partial charge in [-0.05, 0) is 61.7 Å². The summed E-state index contributed by atoms with van der Waals surface area (Å²) in [6.07, 6.45) is 5.06. The molecule has 0 unspecified atom stereocenters. The third-order valence-corrected chi connectivity index (χ3v) is 7.37. The lowest BCUT2D eigenvalue weighted by atomic mass is 9.94. The molecule has 1 fully saturated rings. The van der Waals surface area contributed by atoms with Crippen molar-refractivity contribution in [3.05, 3.63) is 83.9 Å². The van der Waals surface area contributed by atoms with Gasteiger partial charge in [0.1, 0.15) is 23.9 Å². The molecule has 1 saturated carbocycles. The summed E-state index contributed by atoms with van der Waals surface area (Å²) < 4.78 is 6.99. The second-order valence-corrected chi connectivity index (χ2v) is 10.1. The average Bonchev–Trinajstić information content (AvgIpc) is 3.38. The van der Waals surface area contributed by atoms with E-state index in [4.69, 9.17) is 4.74 Å². The molecule has 1 N–H and O–H groups in total. The molecule has 2 amide bonds. The summed E-state index contributed by atoms with van der Waals surface area (Å²) >= 11 is 0. The van der Waals surface area contributed by atoms with E-state index in [0.29, 0.717) is 33.6 Å². The molecular weight excluding hydrogens is 506 g/mol. The lowest BCUT2D eigenvalue weighted by Crippen LogP contribution is -2.48. The lowest BCUT2D eigenvalue weighted by molar-refractivity contribution is -0.127. The molecule has 9 nitrogen and oxygen atoms in total. The highest BCUT2D eigenvalue weighted by Gasteiger charge is 2.35. The van der Waals surface area contributed by atoms with Crippen molar-refractivity contribution in [1.82, 2.24) is 20.3 Å². The molecule has 0 spiro atoms. The summed E-state index contributed by atoms with van der Waals surface area (Å²) in [6.45, 7) is 1.32. The van der Waals surface area contributed by atoms with Crippen LogP contribution in [-0.4, -0.2) is 45.7 Å². The van der Waals surface area contributed by atoms with Crippen LogP contribution in [0.15, 0.2) is 72.8 Å². The molecule has 0 saturated heterocycles. The molecule has 0 radical (unpaired) electrons. The minimum Gasteiger partial charge on any atom is -0.497 e. The highest BCUT2D eigenvalue weighted by Crippen LogP contribution is 2.32. The maximum absolute atomic E-state index is 14.2. The Morgan fingerprint density at radius 3 is 2.55 bits per heavy atom. The molecule has 40 heavy (non-hydrogen) atoms. The Morgan fingerprint density at radius 1 is 1.00 bits per heavy atom. The van der Waals surface area contributed by atoms with E-state index >= 15 is 0 Å². The summed E-state index contributed by atoms with van der Waals surface area (Å²) in [5.41, 5.74) is 2.85. The van der Waals surface area contributed by atoms with Crippen LogP contribution in [0, 0.1) is 0 Å². The number of rotatable bonds is 9. The van der Waals surface area contributed by atoms with Gasteiger partial charge in [-0.3, -0.25) is 19.3 Å². The van der Waals surface area contributed by atoms with Crippen molar-refractivity contribution >= 4 is 34.3 Å². The van der Waals surface area contributed by atoms with Crippen LogP contribution in [0.1, 0.15) is 61.0 Å². The zero-order valence-electron chi connectivity index (χ0n) is 22.7. The van der Waals surface area contributed by atoms with Crippen molar-refractivity contribution in [3.63, 3.8) is 0 Å². The lowest BCUT2D eigenvalue weighted by Gasteiger charge is -2.33. The number of ketones is 1. The fourth-order valence-electron chi connectivity index (χ4n) is 5.31. The molecule has 1 aliphatic carbocycles. The monoisotopic (exact) mass is 539 g/mol. The standard InChI is InChI=1S/C31H33N5O4/c1-21(37)22-10-8-14-25(18-22)36(29(38)20-35-28-17-7-6-16-27(28)33-34-35)30(23-11-9-15-26(19-23)40-2)31(39)32-24-12-4-3-5-13-24/h6-11,14-19,24,30H,3-5,12-13,20H2,1-2H3,(H,32,39)/t30-/m0/s1. The Bertz CT molecular complexity index is 1520. The normalized spacial score (nSPS) is 14.4. The summed E-state index contributed by atoms with van der Waals surface area (Å²) in [6, 6.07) is 20.4. The molecule has 9 heteroatoms. The van der Waals surface area contributed by atoms with Gasteiger partial charge in [0.25, 0.3) is 0 Å². The first kappa shape index (κ1) is 27.1. The largest absolute Gasteiger partial charge is 0.497 e. The first-order valence-electron chi connectivity index (χ1n) is 13.6. The number of methoxy groups -OCH3 is 1. The molecule has 4 aromatic rings. The zero-order chi connectivity index (χ0) is 28.1. The molecule has 206 valence electrons. The van der Waals surface area contributed by atoms with Crippen molar-refractivity contribution in [2.75, 3.05) is 12.0 Å². The molecule has 3 aromatic carbocycles. The number of ether oxygens (including phenoxy) is 1. The van der Waals surface area contributed by atoms with Crippen LogP contribution in [0.3, 0.4) is 0 Å². The Hall–Kier alpha value is -4.53. The number of hydrogen-bond acceptors (Lipinski definition) is 6. The van der Waals surface area contributed by atoms with Gasteiger partial charge in [0.15, 0.2) is 5.78 Å². The number of nitrogens with one attached hydrogen (secondary N) is 1. The number of aromatic nitrogens is 3. The number of carbonyl (C=O) groups excluding carboxylic acids is 3. The van der Waals surface area contributed by atoms with Gasteiger partial charge in [0.2, 0.25) is 11.8 Å². The fraction of sp³-hybridized carbons (Fsp3) is 0.323. The summed E-state index contributed by atoms with van der Waals surface area (Å²) in [5.74, 6) is -0.227. The summed E-state index contributed by atoms with van der Waals surface area (Å²) in [7, 11) is 1.56. The van der Waals surface area contributed by atoms with Gasteiger partial charge in [-0.25, -0.2) is 4.68 Å². The minimum atomic E-state index is -1.01. The number of para-hydroxylation sites is 1. The molecule has 1 heterocycles. The molecular formula is C31H33N5O4. The van der Waals surface area contributed by atoms with Crippen LogP contribution < -0.4 is 15.0 Å². The van der Waals surface area contributed by atoms with Crippen LogP contribution in [-0.2, 0) is 16.1 Å². The van der Waals surface area contributed by atoms with Crippen LogP contribution >= 0.6 is 0 Å². The number of fused-ring (bicyclic) bond motifs is 1. The number of carbonyl (C=O) groups is 3. The number of anilines is 1. The second kappa shape index (κ2) is 12.1. The molecule has 5 rings (SSSR count). The van der Waals surface area contributed by atoms with E-state index in [2.05, 4.69) is 15.6 Å². The first-order chi connectivity index (χ1) is 19.4. The van der Waals surface area contributed by atoms with Gasteiger partial charge in [0, 0.05) is 17.3 Å². The van der Waals surface area contributed by atoms with E-state index in [1.165, 1.54) is 16.5 Å². The topological polar surface area (TPSA) is 106 Å². The van der Waals surface area contributed by atoms with E-state index in [-0.39, 0.29) is 30.2 Å². The van der Waals surface area contributed by atoms with Crippen molar-refractivity contribution in [2.45, 2.75) is 57.7 Å². The third kappa shape index (κ3) is 5.88. The fourth-order valence-corrected chi connectivity index (χ4v) is 5.31. The van der Waals surface area contributed by atoms with Crippen molar-refractivity contribution in [2.24, 2.45) is 0 Å². The predicted octanol–water partition coefficient (Wildman–Crippen LogP) is 4.87. The number of benzene rings is 3. The van der Waals surface area contributed by atoms with Crippen LogP contribution in [0.4, 0.5) is 5.69 Å². The number of nitrogens with zero attached hydrogens (tertiary/aromatic N) is 4. The van der Waals surface area contributed by atoms with Gasteiger partial charge in [-0.15, -0.1) is 5.10 Å². The predicted molar refractivity (Wildman–Crippen MR) is 152 cm³/mol. The number of amides is 2. The minimum absolute atomic E-state index is 0.0362. The van der Waals surface area contributed by atoms with E-state index in [1.807, 2.05) is 30.3 Å². The Morgan fingerprint density at radius 2 is 1.77 bits per heavy atom. The maximum Gasteiger partial charge on any atom is 0.249 e. The van der Waals surface area contributed by atoms with Gasteiger partial charge in [-0.1, -0.05) is 60.9 Å². The third-order valence-electron chi connectivity index (χ3n) is 7.37. The first-order valence-corrected chi connectivity index (χ1v) is 13.6. The average molecular weight is 540 g/mol.